The molecule has 1 atom stereocenters. The Morgan fingerprint density at radius 3 is 2.47 bits per heavy atom. The summed E-state index contributed by atoms with van der Waals surface area (Å²) in [5.74, 6) is 0.788. The Labute approximate surface area is 181 Å². The molecule has 1 aromatic carbocycles. The molecule has 5 nitrogen and oxygen atoms in total. The second-order valence-electron chi connectivity index (χ2n) is 9.00. The average Bonchev–Trinajstić information content (AvgIpc) is 3.14. The van der Waals surface area contributed by atoms with Gasteiger partial charge in [0, 0.05) is 52.5 Å². The predicted molar refractivity (Wildman–Crippen MR) is 119 cm³/mol. The van der Waals surface area contributed by atoms with Crippen molar-refractivity contribution in [3.63, 3.8) is 0 Å². The highest BCUT2D eigenvalue weighted by atomic mass is 35.5. The van der Waals surface area contributed by atoms with Crippen molar-refractivity contribution in [1.29, 1.82) is 0 Å². The van der Waals surface area contributed by atoms with Crippen LogP contribution in [0.2, 0.25) is 5.02 Å². The number of hydrogen-bond acceptors (Lipinski definition) is 4. The summed E-state index contributed by atoms with van der Waals surface area (Å²) >= 11 is 6.13. The zero-order valence-corrected chi connectivity index (χ0v) is 19.0. The van der Waals surface area contributed by atoms with Gasteiger partial charge in [-0.15, -0.1) is 0 Å². The number of rotatable bonds is 3. The topological polar surface area (TPSA) is 60.4 Å². The zero-order chi connectivity index (χ0) is 21.8. The molecular weight excluding hydrogens is 398 g/mol. The number of fused-ring (bicyclic) bond motifs is 3. The molecule has 0 N–H and O–H groups in total. The lowest BCUT2D eigenvalue weighted by atomic mass is 9.86. The minimum Gasteiger partial charge on any atom is -0.358 e. The molecule has 3 aromatic rings. The van der Waals surface area contributed by atoms with Crippen molar-refractivity contribution in [2.45, 2.75) is 47.1 Å². The largest absolute Gasteiger partial charge is 0.358 e. The van der Waals surface area contributed by atoms with E-state index in [0.717, 1.165) is 39.4 Å². The predicted octanol–water partition coefficient (Wildman–Crippen LogP) is 5.85. The number of carbonyl (C=O) groups excluding carboxylic acids is 1. The highest BCUT2D eigenvalue weighted by Gasteiger charge is 2.35. The van der Waals surface area contributed by atoms with Crippen LogP contribution in [0.15, 0.2) is 40.0 Å². The van der Waals surface area contributed by atoms with Crippen LogP contribution in [0, 0.1) is 19.3 Å². The first-order valence-electron chi connectivity index (χ1n) is 10.1. The molecule has 0 unspecified atom stereocenters. The van der Waals surface area contributed by atoms with Crippen LogP contribution in [-0.4, -0.2) is 21.2 Å². The molecule has 156 valence electrons. The van der Waals surface area contributed by atoms with E-state index in [4.69, 9.17) is 21.1 Å². The maximum atomic E-state index is 12.9. The molecule has 4 rings (SSSR count). The molecule has 1 aliphatic heterocycles. The summed E-state index contributed by atoms with van der Waals surface area (Å²) < 4.78 is 7.85. The number of Topliss-reactive ketones (excluding diaryl/α,β-unsaturated/α-hetero) is 1. The molecule has 30 heavy (non-hydrogen) atoms. The Kier molecular flexibility index (Phi) is 4.97. The van der Waals surface area contributed by atoms with E-state index in [-0.39, 0.29) is 12.2 Å². The lowest BCUT2D eigenvalue weighted by molar-refractivity contribution is -0.126. The number of aryl methyl sites for hydroxylation is 2. The SMILES string of the molecule is Cc1noc2c1-c1cn(C)c(C)c1C(c1ccc(Cl)cc1)=N[C@H]2CC(=O)C(C)(C)C. The van der Waals surface area contributed by atoms with Crippen LogP contribution in [0.5, 0.6) is 0 Å². The van der Waals surface area contributed by atoms with Gasteiger partial charge in [-0.2, -0.15) is 0 Å². The van der Waals surface area contributed by atoms with Crippen molar-refractivity contribution >= 4 is 23.1 Å². The molecule has 6 heteroatoms. The molecule has 0 bridgehead atoms. The second-order valence-corrected chi connectivity index (χ2v) is 9.44. The van der Waals surface area contributed by atoms with E-state index < -0.39 is 11.5 Å². The van der Waals surface area contributed by atoms with Crippen LogP contribution >= 0.6 is 11.6 Å². The minimum atomic E-state index is -0.456. The summed E-state index contributed by atoms with van der Waals surface area (Å²) in [5.41, 5.74) is 6.25. The standard InChI is InChI=1S/C24H26ClN3O2/c1-13-20-17-12-28(6)14(2)21(17)22(15-7-9-16(25)10-8-15)26-18(23(20)30-27-13)11-19(29)24(3,4)5/h7-10,12,18H,11H2,1-6H3/t18-/m0/s1. The van der Waals surface area contributed by atoms with Crippen molar-refractivity contribution in [2.24, 2.45) is 17.5 Å². The van der Waals surface area contributed by atoms with Gasteiger partial charge in [0.1, 0.15) is 11.8 Å². The Morgan fingerprint density at radius 1 is 1.17 bits per heavy atom. The summed E-state index contributed by atoms with van der Waals surface area (Å²) in [6, 6.07) is 7.23. The van der Waals surface area contributed by atoms with Gasteiger partial charge in [-0.1, -0.05) is 49.7 Å². The molecule has 0 spiro atoms. The molecule has 0 radical (unpaired) electrons. The molecule has 3 heterocycles. The van der Waals surface area contributed by atoms with Gasteiger partial charge in [0.15, 0.2) is 5.76 Å². The third kappa shape index (κ3) is 3.41. The number of ketones is 1. The van der Waals surface area contributed by atoms with Gasteiger partial charge >= 0.3 is 0 Å². The van der Waals surface area contributed by atoms with Crippen molar-refractivity contribution in [3.05, 3.63) is 63.8 Å². The Hall–Kier alpha value is -2.66. The monoisotopic (exact) mass is 423 g/mol. The smallest absolute Gasteiger partial charge is 0.169 e. The second kappa shape index (κ2) is 7.24. The van der Waals surface area contributed by atoms with Gasteiger partial charge in [0.2, 0.25) is 0 Å². The minimum absolute atomic E-state index is 0.135. The average molecular weight is 424 g/mol. The number of aliphatic imine (C=N–C) groups is 1. The third-order valence-electron chi connectivity index (χ3n) is 5.80. The first kappa shape index (κ1) is 20.6. The molecule has 2 aromatic heterocycles. The van der Waals surface area contributed by atoms with E-state index in [9.17, 15) is 4.79 Å². The summed E-state index contributed by atoms with van der Waals surface area (Å²) in [5, 5.41) is 4.90. The number of benzene rings is 1. The van der Waals surface area contributed by atoms with Crippen molar-refractivity contribution < 1.29 is 9.32 Å². The van der Waals surface area contributed by atoms with E-state index in [2.05, 4.69) is 22.8 Å². The fraction of sp³-hybridized carbons (Fsp3) is 0.375. The number of aromatic nitrogens is 2. The Balaban J connectivity index is 1.98. The lowest BCUT2D eigenvalue weighted by Gasteiger charge is -2.19. The molecule has 0 aliphatic carbocycles. The van der Waals surface area contributed by atoms with Crippen molar-refractivity contribution in [1.82, 2.24) is 9.72 Å². The van der Waals surface area contributed by atoms with Crippen LogP contribution < -0.4 is 0 Å². The van der Waals surface area contributed by atoms with E-state index in [0.29, 0.717) is 10.8 Å². The molecule has 0 saturated heterocycles. The van der Waals surface area contributed by atoms with E-state index in [1.54, 1.807) is 0 Å². The number of hydrogen-bond donors (Lipinski definition) is 0. The summed E-state index contributed by atoms with van der Waals surface area (Å²) in [6.07, 6.45) is 2.35. The maximum Gasteiger partial charge on any atom is 0.169 e. The number of nitrogens with zero attached hydrogens (tertiary/aromatic N) is 3. The van der Waals surface area contributed by atoms with Crippen molar-refractivity contribution in [3.8, 4) is 11.1 Å². The first-order chi connectivity index (χ1) is 14.1. The van der Waals surface area contributed by atoms with Crippen LogP contribution in [0.4, 0.5) is 0 Å². The van der Waals surface area contributed by atoms with Gasteiger partial charge in [-0.25, -0.2) is 0 Å². The number of halogens is 1. The normalized spacial score (nSPS) is 16.0. The fourth-order valence-electron chi connectivity index (χ4n) is 3.88. The van der Waals surface area contributed by atoms with Crippen LogP contribution in [0.25, 0.3) is 11.1 Å². The van der Waals surface area contributed by atoms with Crippen LogP contribution in [0.1, 0.15) is 61.5 Å². The Bertz CT molecular complexity index is 1160. The van der Waals surface area contributed by atoms with E-state index in [1.165, 1.54) is 0 Å². The molecular formula is C24H26ClN3O2. The molecule has 0 amide bonds. The Morgan fingerprint density at radius 2 is 1.83 bits per heavy atom. The van der Waals surface area contributed by atoms with E-state index >= 15 is 0 Å². The molecule has 0 saturated carbocycles. The van der Waals surface area contributed by atoms with Crippen LogP contribution in [-0.2, 0) is 11.8 Å². The fourth-order valence-corrected chi connectivity index (χ4v) is 4.01. The number of carbonyl (C=O) groups is 1. The summed E-state index contributed by atoms with van der Waals surface area (Å²) in [7, 11) is 2.02. The van der Waals surface area contributed by atoms with Gasteiger partial charge < -0.3 is 9.09 Å². The van der Waals surface area contributed by atoms with Crippen molar-refractivity contribution in [2.75, 3.05) is 0 Å². The molecule has 1 aliphatic rings. The van der Waals surface area contributed by atoms with Gasteiger partial charge in [0.25, 0.3) is 0 Å². The maximum absolute atomic E-state index is 12.9. The molecule has 0 fully saturated rings. The van der Waals surface area contributed by atoms with E-state index in [1.807, 2.05) is 59.0 Å². The van der Waals surface area contributed by atoms with Gasteiger partial charge in [0.05, 0.1) is 17.0 Å². The lowest BCUT2D eigenvalue weighted by Crippen LogP contribution is -2.22. The summed E-state index contributed by atoms with van der Waals surface area (Å²) in [6.45, 7) is 9.81. The zero-order valence-electron chi connectivity index (χ0n) is 18.2. The van der Waals surface area contributed by atoms with Gasteiger partial charge in [-0.05, 0) is 26.0 Å². The van der Waals surface area contributed by atoms with Gasteiger partial charge in [-0.3, -0.25) is 9.79 Å². The highest BCUT2D eigenvalue weighted by molar-refractivity contribution is 6.30. The first-order valence-corrected chi connectivity index (χ1v) is 10.5. The summed E-state index contributed by atoms with van der Waals surface area (Å²) in [4.78, 5) is 18.0. The highest BCUT2D eigenvalue weighted by Crippen LogP contribution is 2.43. The quantitative estimate of drug-likeness (QED) is 0.531. The third-order valence-corrected chi connectivity index (χ3v) is 6.05. The van der Waals surface area contributed by atoms with Crippen LogP contribution in [0.3, 0.4) is 0 Å².